The molecule has 0 aliphatic carbocycles. The summed E-state index contributed by atoms with van der Waals surface area (Å²) in [6, 6.07) is 13.1. The van der Waals surface area contributed by atoms with E-state index in [4.69, 9.17) is 20.8 Å². The van der Waals surface area contributed by atoms with Crippen LogP contribution in [0.1, 0.15) is 23.6 Å². The molecule has 0 unspecified atom stereocenters. The molecule has 4 rings (SSSR count). The summed E-state index contributed by atoms with van der Waals surface area (Å²) in [6.07, 6.45) is -2.86. The van der Waals surface area contributed by atoms with E-state index in [9.17, 15) is 31.9 Å². The molecule has 1 aromatic heterocycles. The first-order valence-electron chi connectivity index (χ1n) is 11.8. The van der Waals surface area contributed by atoms with Crippen LogP contribution in [-0.2, 0) is 26.9 Å². The van der Waals surface area contributed by atoms with Gasteiger partial charge in [-0.25, -0.2) is 14.0 Å². The summed E-state index contributed by atoms with van der Waals surface area (Å²) in [4.78, 5) is 37.8. The first-order valence-corrected chi connectivity index (χ1v) is 12.2. The van der Waals surface area contributed by atoms with Crippen LogP contribution < -0.4 is 10.9 Å². The Labute approximate surface area is 229 Å². The highest BCUT2D eigenvalue weighted by atomic mass is 35.5. The molecule has 1 heterocycles. The lowest BCUT2D eigenvalue weighted by Gasteiger charge is -2.15. The fourth-order valence-corrected chi connectivity index (χ4v) is 4.23. The van der Waals surface area contributed by atoms with Gasteiger partial charge < -0.3 is 14.5 Å². The standard InChI is InChI=1S/C29H20ClF4NO5/c1-2-39-26(37)11-6-16-4-3-5-17(12-16)27-20-9-7-18(30)13-24(20)40-28(38)21(27)15-25(36)35-23-10-8-19(31)14-22(23)29(32,33)34/h3-14H,2,15H2,1H3,(H,35,36)/b11-6+. The Balaban J connectivity index is 1.79. The first-order chi connectivity index (χ1) is 19.0. The number of carbonyl (C=O) groups excluding carboxylic acids is 2. The zero-order valence-corrected chi connectivity index (χ0v) is 21.5. The third-order valence-corrected chi connectivity index (χ3v) is 5.97. The van der Waals surface area contributed by atoms with Gasteiger partial charge in [0.2, 0.25) is 5.91 Å². The molecular formula is C29H20ClF4NO5. The van der Waals surface area contributed by atoms with E-state index in [1.165, 1.54) is 18.2 Å². The molecule has 1 amide bonds. The van der Waals surface area contributed by atoms with Crippen LogP contribution in [0.25, 0.3) is 28.2 Å². The number of benzene rings is 3. The van der Waals surface area contributed by atoms with E-state index in [1.807, 2.05) is 0 Å². The Bertz CT molecular complexity index is 1690. The molecule has 0 fully saturated rings. The molecule has 0 spiro atoms. The summed E-state index contributed by atoms with van der Waals surface area (Å²) in [5.74, 6) is -2.64. The third-order valence-electron chi connectivity index (χ3n) is 5.74. The Morgan fingerprint density at radius 2 is 1.85 bits per heavy atom. The number of rotatable bonds is 7. The van der Waals surface area contributed by atoms with Crippen molar-refractivity contribution in [3.63, 3.8) is 0 Å². The number of esters is 1. The van der Waals surface area contributed by atoms with Gasteiger partial charge in [-0.1, -0.05) is 29.8 Å². The van der Waals surface area contributed by atoms with E-state index in [0.717, 1.165) is 12.1 Å². The van der Waals surface area contributed by atoms with Crippen molar-refractivity contribution in [2.24, 2.45) is 0 Å². The van der Waals surface area contributed by atoms with Crippen LogP contribution >= 0.6 is 11.6 Å². The van der Waals surface area contributed by atoms with Crippen molar-refractivity contribution >= 4 is 46.2 Å². The molecule has 40 heavy (non-hydrogen) atoms. The van der Waals surface area contributed by atoms with E-state index >= 15 is 0 Å². The largest absolute Gasteiger partial charge is 0.463 e. The van der Waals surface area contributed by atoms with Gasteiger partial charge in [0.25, 0.3) is 0 Å². The summed E-state index contributed by atoms with van der Waals surface area (Å²) in [6.45, 7) is 1.87. The smallest absolute Gasteiger partial charge is 0.418 e. The average Bonchev–Trinajstić information content (AvgIpc) is 2.88. The average molecular weight is 574 g/mol. The monoisotopic (exact) mass is 573 g/mol. The van der Waals surface area contributed by atoms with Gasteiger partial charge >= 0.3 is 17.8 Å². The van der Waals surface area contributed by atoms with Crippen LogP contribution in [0.3, 0.4) is 0 Å². The first kappa shape index (κ1) is 28.6. The fraction of sp³-hybridized carbons (Fsp3) is 0.138. The van der Waals surface area contributed by atoms with Crippen LogP contribution in [0, 0.1) is 5.82 Å². The van der Waals surface area contributed by atoms with Gasteiger partial charge in [0.1, 0.15) is 11.4 Å². The highest BCUT2D eigenvalue weighted by molar-refractivity contribution is 6.31. The van der Waals surface area contributed by atoms with Gasteiger partial charge in [-0.05, 0) is 60.5 Å². The molecular weight excluding hydrogens is 554 g/mol. The van der Waals surface area contributed by atoms with Crippen molar-refractivity contribution < 1.29 is 36.3 Å². The summed E-state index contributed by atoms with van der Waals surface area (Å²) in [5, 5.41) is 2.82. The number of halogens is 5. The number of hydrogen-bond acceptors (Lipinski definition) is 5. The Kier molecular flexibility index (Phi) is 8.39. The van der Waals surface area contributed by atoms with E-state index in [0.29, 0.717) is 22.1 Å². The number of alkyl halides is 3. The predicted molar refractivity (Wildman–Crippen MR) is 142 cm³/mol. The van der Waals surface area contributed by atoms with Crippen molar-refractivity contribution in [3.8, 4) is 11.1 Å². The van der Waals surface area contributed by atoms with Crippen LogP contribution in [0.5, 0.6) is 0 Å². The minimum absolute atomic E-state index is 0.127. The van der Waals surface area contributed by atoms with Crippen LogP contribution in [0.2, 0.25) is 5.02 Å². The fourth-order valence-electron chi connectivity index (χ4n) is 4.07. The van der Waals surface area contributed by atoms with Gasteiger partial charge in [0, 0.05) is 28.1 Å². The number of anilines is 1. The molecule has 0 bridgehead atoms. The third kappa shape index (κ3) is 6.58. The molecule has 0 saturated heterocycles. The summed E-state index contributed by atoms with van der Waals surface area (Å²) in [5.41, 5.74) is -1.62. The molecule has 11 heteroatoms. The molecule has 0 aliphatic heterocycles. The minimum Gasteiger partial charge on any atom is -0.463 e. The summed E-state index contributed by atoms with van der Waals surface area (Å²) in [7, 11) is 0. The number of ether oxygens (including phenoxy) is 1. The lowest BCUT2D eigenvalue weighted by molar-refractivity contribution is -0.138. The maximum absolute atomic E-state index is 13.5. The number of hydrogen-bond donors (Lipinski definition) is 1. The summed E-state index contributed by atoms with van der Waals surface area (Å²) >= 11 is 6.07. The van der Waals surface area contributed by atoms with Crippen molar-refractivity contribution in [2.75, 3.05) is 11.9 Å². The summed E-state index contributed by atoms with van der Waals surface area (Å²) < 4.78 is 64.1. The highest BCUT2D eigenvalue weighted by Gasteiger charge is 2.34. The van der Waals surface area contributed by atoms with Gasteiger partial charge in [0.05, 0.1) is 29.8 Å². The van der Waals surface area contributed by atoms with Crippen molar-refractivity contribution in [3.05, 3.63) is 105 Å². The lowest BCUT2D eigenvalue weighted by atomic mass is 9.94. The molecule has 0 aliphatic rings. The topological polar surface area (TPSA) is 85.6 Å². The Hall–Kier alpha value is -4.44. The number of carbonyl (C=O) groups is 2. The maximum Gasteiger partial charge on any atom is 0.418 e. The zero-order valence-electron chi connectivity index (χ0n) is 20.8. The second-order valence-corrected chi connectivity index (χ2v) is 8.94. The molecule has 6 nitrogen and oxygen atoms in total. The normalized spacial score (nSPS) is 11.7. The highest BCUT2D eigenvalue weighted by Crippen LogP contribution is 2.36. The Morgan fingerprint density at radius 1 is 1.07 bits per heavy atom. The SMILES string of the molecule is CCOC(=O)/C=C/c1cccc(-c2c(CC(=O)Nc3ccc(F)cc3C(F)(F)F)c(=O)oc3cc(Cl)ccc23)c1. The number of nitrogens with one attached hydrogen (secondary N) is 1. The van der Waals surface area contributed by atoms with E-state index in [1.54, 1.807) is 43.3 Å². The molecule has 206 valence electrons. The van der Waals surface area contributed by atoms with Gasteiger partial charge in [-0.3, -0.25) is 4.79 Å². The van der Waals surface area contributed by atoms with Gasteiger partial charge in [0.15, 0.2) is 0 Å². The van der Waals surface area contributed by atoms with E-state index in [-0.39, 0.29) is 28.8 Å². The van der Waals surface area contributed by atoms with Gasteiger partial charge in [-0.15, -0.1) is 0 Å². The molecule has 1 N–H and O–H groups in total. The van der Waals surface area contributed by atoms with E-state index < -0.39 is 47.2 Å². The number of fused-ring (bicyclic) bond motifs is 1. The molecule has 0 saturated carbocycles. The van der Waals surface area contributed by atoms with Crippen molar-refractivity contribution in [1.29, 1.82) is 0 Å². The molecule has 4 aromatic rings. The van der Waals surface area contributed by atoms with Crippen LogP contribution in [0.4, 0.5) is 23.2 Å². The van der Waals surface area contributed by atoms with Gasteiger partial charge in [-0.2, -0.15) is 13.2 Å². The molecule has 0 radical (unpaired) electrons. The Morgan fingerprint density at radius 3 is 2.58 bits per heavy atom. The molecule has 0 atom stereocenters. The lowest BCUT2D eigenvalue weighted by Crippen LogP contribution is -2.22. The maximum atomic E-state index is 13.5. The second-order valence-electron chi connectivity index (χ2n) is 8.51. The quantitative estimate of drug-likeness (QED) is 0.111. The van der Waals surface area contributed by atoms with E-state index in [2.05, 4.69) is 5.32 Å². The number of amides is 1. The van der Waals surface area contributed by atoms with Crippen molar-refractivity contribution in [1.82, 2.24) is 0 Å². The minimum atomic E-state index is -4.94. The zero-order chi connectivity index (χ0) is 29.0. The predicted octanol–water partition coefficient (Wildman–Crippen LogP) is 7.03. The molecule has 3 aromatic carbocycles. The second kappa shape index (κ2) is 11.7. The van der Waals surface area contributed by atoms with Crippen LogP contribution in [0.15, 0.2) is 76.0 Å². The van der Waals surface area contributed by atoms with Crippen LogP contribution in [-0.4, -0.2) is 18.5 Å². The van der Waals surface area contributed by atoms with Crippen molar-refractivity contribution in [2.45, 2.75) is 19.5 Å².